The molecule has 2 aromatic heterocycles. The smallest absolute Gasteiger partial charge is 0.239 e. The van der Waals surface area contributed by atoms with Crippen molar-refractivity contribution in [2.45, 2.75) is 6.42 Å². The Kier molecular flexibility index (Phi) is 4.24. The first-order chi connectivity index (χ1) is 11.1. The van der Waals surface area contributed by atoms with Crippen LogP contribution in [-0.2, 0) is 6.42 Å². The van der Waals surface area contributed by atoms with Gasteiger partial charge in [-0.3, -0.25) is 4.79 Å². The predicted octanol–water partition coefficient (Wildman–Crippen LogP) is 2.77. The predicted molar refractivity (Wildman–Crippen MR) is 82.6 cm³/mol. The highest BCUT2D eigenvalue weighted by Crippen LogP contribution is 2.23. The molecule has 116 valence electrons. The summed E-state index contributed by atoms with van der Waals surface area (Å²) in [5, 5.41) is 24.2. The third kappa shape index (κ3) is 3.32. The summed E-state index contributed by atoms with van der Waals surface area (Å²) in [6, 6.07) is 8.18. The van der Waals surface area contributed by atoms with E-state index in [1.165, 1.54) is 17.4 Å². The zero-order valence-electron chi connectivity index (χ0n) is 11.7. The van der Waals surface area contributed by atoms with Gasteiger partial charge in [-0.1, -0.05) is 18.2 Å². The second-order valence-electron chi connectivity index (χ2n) is 4.67. The van der Waals surface area contributed by atoms with Gasteiger partial charge >= 0.3 is 0 Å². The van der Waals surface area contributed by atoms with Crippen molar-refractivity contribution in [1.82, 2.24) is 20.6 Å². The summed E-state index contributed by atoms with van der Waals surface area (Å²) in [5.41, 5.74) is 1.20. The molecule has 0 spiro atoms. The average Bonchev–Trinajstić information content (AvgIpc) is 3.20. The molecule has 0 fully saturated rings. The Labute approximate surface area is 134 Å². The van der Waals surface area contributed by atoms with E-state index in [4.69, 9.17) is 0 Å². The lowest BCUT2D eigenvalue weighted by atomic mass is 10.0. The van der Waals surface area contributed by atoms with Gasteiger partial charge in [0.2, 0.25) is 5.82 Å². The van der Waals surface area contributed by atoms with Gasteiger partial charge in [0.1, 0.15) is 5.82 Å². The first-order valence-electron chi connectivity index (χ1n) is 6.63. The maximum atomic E-state index is 13.7. The zero-order valence-corrected chi connectivity index (χ0v) is 12.5. The van der Waals surface area contributed by atoms with E-state index in [0.29, 0.717) is 22.4 Å². The number of halogens is 1. The normalized spacial score (nSPS) is 11.6. The van der Waals surface area contributed by atoms with Crippen LogP contribution in [0.15, 0.2) is 41.8 Å². The molecule has 2 N–H and O–H groups in total. The van der Waals surface area contributed by atoms with Crippen LogP contribution in [0.1, 0.15) is 26.6 Å². The van der Waals surface area contributed by atoms with Crippen LogP contribution in [0.4, 0.5) is 4.39 Å². The molecule has 0 bridgehead atoms. The molecular weight excluding hydrogens is 319 g/mol. The number of carbonyl (C=O) groups is 1. The van der Waals surface area contributed by atoms with E-state index in [1.807, 2.05) is 0 Å². The molecule has 0 amide bonds. The second kappa shape index (κ2) is 6.49. The van der Waals surface area contributed by atoms with Crippen LogP contribution in [0.3, 0.4) is 0 Å². The van der Waals surface area contributed by atoms with Crippen molar-refractivity contribution < 1.29 is 14.3 Å². The Morgan fingerprint density at radius 1 is 1.30 bits per heavy atom. The van der Waals surface area contributed by atoms with Crippen LogP contribution in [0, 0.1) is 5.82 Å². The minimum atomic E-state index is -0.395. The van der Waals surface area contributed by atoms with Crippen LogP contribution in [0.2, 0.25) is 0 Å². The van der Waals surface area contributed by atoms with Gasteiger partial charge in [-0.05, 0) is 33.9 Å². The number of aromatic amines is 1. The van der Waals surface area contributed by atoms with E-state index in [2.05, 4.69) is 20.6 Å². The molecule has 0 atom stereocenters. The van der Waals surface area contributed by atoms with Crippen molar-refractivity contribution in [3.05, 3.63) is 69.4 Å². The number of aromatic nitrogens is 4. The van der Waals surface area contributed by atoms with Crippen LogP contribution >= 0.6 is 11.3 Å². The largest absolute Gasteiger partial charge is 0.504 e. The summed E-state index contributed by atoms with van der Waals surface area (Å²) >= 11 is 1.23. The molecule has 0 unspecified atom stereocenters. The van der Waals surface area contributed by atoms with E-state index in [9.17, 15) is 14.3 Å². The number of allylic oxidation sites excluding steroid dienone is 1. The highest BCUT2D eigenvalue weighted by Gasteiger charge is 2.15. The minimum Gasteiger partial charge on any atom is -0.504 e. The number of nitrogens with one attached hydrogen (secondary N) is 1. The number of ketones is 1. The summed E-state index contributed by atoms with van der Waals surface area (Å²) in [6.45, 7) is 0. The topological polar surface area (TPSA) is 91.8 Å². The fourth-order valence-corrected chi connectivity index (χ4v) is 2.90. The number of H-pyrrole nitrogens is 1. The molecule has 0 aliphatic carbocycles. The highest BCUT2D eigenvalue weighted by atomic mass is 32.1. The molecule has 0 aliphatic heterocycles. The van der Waals surface area contributed by atoms with Gasteiger partial charge in [0.15, 0.2) is 11.5 Å². The first kappa shape index (κ1) is 15.0. The van der Waals surface area contributed by atoms with E-state index in [1.54, 1.807) is 29.6 Å². The minimum absolute atomic E-state index is 0.0643. The lowest BCUT2D eigenvalue weighted by molar-refractivity contribution is 0.104. The number of aliphatic hydroxyl groups excluding tert-OH is 1. The third-order valence-corrected chi connectivity index (χ3v) is 4.12. The lowest BCUT2D eigenvalue weighted by Gasteiger charge is -2.03. The van der Waals surface area contributed by atoms with Gasteiger partial charge in [-0.25, -0.2) is 4.39 Å². The Morgan fingerprint density at radius 3 is 2.87 bits per heavy atom. The number of rotatable bonds is 5. The van der Waals surface area contributed by atoms with Gasteiger partial charge in [-0.2, -0.15) is 5.21 Å². The van der Waals surface area contributed by atoms with Crippen molar-refractivity contribution in [3.8, 4) is 0 Å². The van der Waals surface area contributed by atoms with Crippen molar-refractivity contribution in [1.29, 1.82) is 0 Å². The Hall–Kier alpha value is -2.87. The SMILES string of the molecule is O=C(C=C(O)c1nn[nH]n1)c1sccc1Cc1ccccc1F. The van der Waals surface area contributed by atoms with Gasteiger partial charge in [-0.15, -0.1) is 21.5 Å². The number of tetrazole rings is 1. The zero-order chi connectivity index (χ0) is 16.2. The van der Waals surface area contributed by atoms with E-state index in [0.717, 1.165) is 6.08 Å². The van der Waals surface area contributed by atoms with E-state index >= 15 is 0 Å². The summed E-state index contributed by atoms with van der Waals surface area (Å²) in [6.07, 6.45) is 1.33. The number of carbonyl (C=O) groups excluding carboxylic acids is 1. The monoisotopic (exact) mass is 330 g/mol. The molecule has 2 heterocycles. The van der Waals surface area contributed by atoms with E-state index < -0.39 is 5.78 Å². The molecule has 0 saturated heterocycles. The molecule has 6 nitrogen and oxygen atoms in total. The van der Waals surface area contributed by atoms with Crippen LogP contribution in [-0.4, -0.2) is 31.5 Å². The quantitative estimate of drug-likeness (QED) is 0.426. The molecule has 0 radical (unpaired) electrons. The molecular formula is C15H11FN4O2S. The number of thiophene rings is 1. The van der Waals surface area contributed by atoms with E-state index in [-0.39, 0.29) is 17.4 Å². The highest BCUT2D eigenvalue weighted by molar-refractivity contribution is 7.12. The Morgan fingerprint density at radius 2 is 2.13 bits per heavy atom. The van der Waals surface area contributed by atoms with Crippen molar-refractivity contribution in [2.75, 3.05) is 0 Å². The Bertz CT molecular complexity index is 858. The van der Waals surface area contributed by atoms with Crippen LogP contribution in [0.5, 0.6) is 0 Å². The maximum absolute atomic E-state index is 13.7. The maximum Gasteiger partial charge on any atom is 0.239 e. The molecule has 3 aromatic rings. The average molecular weight is 330 g/mol. The summed E-state index contributed by atoms with van der Waals surface area (Å²) < 4.78 is 13.7. The molecule has 1 aromatic carbocycles. The number of hydrogen-bond acceptors (Lipinski definition) is 6. The van der Waals surface area contributed by atoms with Crippen LogP contribution < -0.4 is 0 Å². The second-order valence-corrected chi connectivity index (χ2v) is 5.59. The van der Waals surface area contributed by atoms with Gasteiger partial charge in [0.05, 0.1) is 4.88 Å². The lowest BCUT2D eigenvalue weighted by Crippen LogP contribution is -2.00. The summed E-state index contributed by atoms with van der Waals surface area (Å²) in [4.78, 5) is 12.7. The third-order valence-electron chi connectivity index (χ3n) is 3.15. The fraction of sp³-hybridized carbons (Fsp3) is 0.0667. The van der Waals surface area contributed by atoms with Crippen molar-refractivity contribution >= 4 is 22.9 Å². The number of nitrogens with zero attached hydrogens (tertiary/aromatic N) is 3. The standard InChI is InChI=1S/C15H11FN4O2S/c16-11-4-2-1-3-9(11)7-10-5-6-23-14(10)12(21)8-13(22)15-17-19-20-18-15/h1-6,8,22H,7H2,(H,17,18,19,20). The first-order valence-corrected chi connectivity index (χ1v) is 7.51. The van der Waals surface area contributed by atoms with Gasteiger partial charge in [0, 0.05) is 12.5 Å². The molecule has 0 saturated carbocycles. The van der Waals surface area contributed by atoms with Gasteiger partial charge < -0.3 is 5.11 Å². The number of benzene rings is 1. The number of aliphatic hydroxyl groups is 1. The summed E-state index contributed by atoms with van der Waals surface area (Å²) in [5.74, 6) is -1.16. The summed E-state index contributed by atoms with van der Waals surface area (Å²) in [7, 11) is 0. The van der Waals surface area contributed by atoms with Crippen molar-refractivity contribution in [3.63, 3.8) is 0 Å². The number of hydrogen-bond donors (Lipinski definition) is 2. The van der Waals surface area contributed by atoms with Crippen molar-refractivity contribution in [2.24, 2.45) is 0 Å². The fourth-order valence-electron chi connectivity index (χ4n) is 2.06. The molecule has 8 heteroatoms. The van der Waals surface area contributed by atoms with Gasteiger partial charge in [0.25, 0.3) is 0 Å². The molecule has 3 rings (SSSR count). The van der Waals surface area contributed by atoms with Crippen LogP contribution in [0.25, 0.3) is 5.76 Å². The Balaban J connectivity index is 1.85. The molecule has 23 heavy (non-hydrogen) atoms. The molecule has 0 aliphatic rings.